The van der Waals surface area contributed by atoms with Crippen molar-refractivity contribution in [1.29, 1.82) is 0 Å². The van der Waals surface area contributed by atoms with Crippen LogP contribution in [0.2, 0.25) is 0 Å². The molecule has 0 bridgehead atoms. The molecule has 4 heteroatoms. The third-order valence-corrected chi connectivity index (χ3v) is 3.34. The zero-order valence-corrected chi connectivity index (χ0v) is 11.1. The number of rotatable bonds is 3. The Morgan fingerprint density at radius 3 is 2.68 bits per heavy atom. The topological polar surface area (TPSA) is 37.8 Å². The summed E-state index contributed by atoms with van der Waals surface area (Å²) in [6.45, 7) is 1.95. The molecule has 3 nitrogen and oxygen atoms in total. The summed E-state index contributed by atoms with van der Waals surface area (Å²) in [5, 5.41) is 3.02. The fourth-order valence-electron chi connectivity index (χ4n) is 2.09. The number of hydrogen-bond acceptors (Lipinski definition) is 3. The van der Waals surface area contributed by atoms with Crippen LogP contribution in [-0.2, 0) is 0 Å². The maximum atomic E-state index is 14.0. The number of aromatic nitrogens is 2. The van der Waals surface area contributed by atoms with Gasteiger partial charge in [0.15, 0.2) is 0 Å². The molecular formula is C15H16FN3. The van der Waals surface area contributed by atoms with Gasteiger partial charge < -0.3 is 5.32 Å². The highest BCUT2D eigenvalue weighted by atomic mass is 19.1. The molecule has 0 radical (unpaired) electrons. The predicted octanol–water partition coefficient (Wildman–Crippen LogP) is 3.51. The quantitative estimate of drug-likeness (QED) is 0.914. The van der Waals surface area contributed by atoms with Crippen molar-refractivity contribution in [3.05, 3.63) is 41.5 Å². The molecule has 1 aromatic carbocycles. The Bertz CT molecular complexity index is 621. The third kappa shape index (κ3) is 2.43. The van der Waals surface area contributed by atoms with Crippen molar-refractivity contribution in [1.82, 2.24) is 9.97 Å². The molecule has 0 saturated heterocycles. The van der Waals surface area contributed by atoms with Gasteiger partial charge in [-0.3, -0.25) is 0 Å². The van der Waals surface area contributed by atoms with E-state index in [9.17, 15) is 4.39 Å². The van der Waals surface area contributed by atoms with Crippen molar-refractivity contribution in [2.45, 2.75) is 25.7 Å². The lowest BCUT2D eigenvalue weighted by Gasteiger charge is -2.09. The molecule has 98 valence electrons. The Morgan fingerprint density at radius 1 is 1.21 bits per heavy atom. The lowest BCUT2D eigenvalue weighted by Crippen LogP contribution is -2.01. The maximum Gasteiger partial charge on any atom is 0.134 e. The van der Waals surface area contributed by atoms with Gasteiger partial charge in [0.1, 0.15) is 17.5 Å². The van der Waals surface area contributed by atoms with E-state index in [0.29, 0.717) is 17.2 Å². The standard InChI is InChI=1S/C15H16FN3/c1-9-3-6-12(16)11(7-9)13-8-14(17-2)19-15(18-13)10-4-5-10/h3,6-8,10H,4-5H2,1-2H3,(H,17,18,19). The fourth-order valence-corrected chi connectivity index (χ4v) is 2.09. The van der Waals surface area contributed by atoms with Gasteiger partial charge in [-0.2, -0.15) is 0 Å². The van der Waals surface area contributed by atoms with Crippen molar-refractivity contribution in [3.8, 4) is 11.3 Å². The van der Waals surface area contributed by atoms with E-state index in [1.165, 1.54) is 6.07 Å². The first-order chi connectivity index (χ1) is 9.17. The maximum absolute atomic E-state index is 14.0. The molecule has 0 amide bonds. The van der Waals surface area contributed by atoms with Crippen LogP contribution >= 0.6 is 0 Å². The van der Waals surface area contributed by atoms with Crippen LogP contribution in [0.3, 0.4) is 0 Å². The number of nitrogens with zero attached hydrogens (tertiary/aromatic N) is 2. The van der Waals surface area contributed by atoms with Crippen molar-refractivity contribution < 1.29 is 4.39 Å². The molecule has 1 aromatic heterocycles. The smallest absolute Gasteiger partial charge is 0.134 e. The van der Waals surface area contributed by atoms with Crippen LogP contribution in [0.15, 0.2) is 24.3 Å². The van der Waals surface area contributed by atoms with E-state index in [0.717, 1.165) is 30.0 Å². The molecule has 2 aromatic rings. The van der Waals surface area contributed by atoms with Crippen LogP contribution in [0.1, 0.15) is 30.1 Å². The normalized spacial score (nSPS) is 14.5. The van der Waals surface area contributed by atoms with Gasteiger partial charge >= 0.3 is 0 Å². The number of hydrogen-bond donors (Lipinski definition) is 1. The Hall–Kier alpha value is -1.97. The lowest BCUT2D eigenvalue weighted by molar-refractivity contribution is 0.630. The summed E-state index contributed by atoms with van der Waals surface area (Å²) in [5.74, 6) is 1.77. The summed E-state index contributed by atoms with van der Waals surface area (Å²) in [4.78, 5) is 8.97. The van der Waals surface area contributed by atoms with Crippen LogP contribution < -0.4 is 5.32 Å². The minimum Gasteiger partial charge on any atom is -0.373 e. The summed E-state index contributed by atoms with van der Waals surface area (Å²) in [5.41, 5.74) is 2.22. The van der Waals surface area contributed by atoms with Crippen molar-refractivity contribution >= 4 is 5.82 Å². The van der Waals surface area contributed by atoms with Gasteiger partial charge in [-0.1, -0.05) is 11.6 Å². The van der Waals surface area contributed by atoms with E-state index >= 15 is 0 Å². The number of anilines is 1. The van der Waals surface area contributed by atoms with Gasteiger partial charge in [0.25, 0.3) is 0 Å². The number of benzene rings is 1. The molecule has 0 spiro atoms. The molecule has 0 aliphatic heterocycles. The highest BCUT2D eigenvalue weighted by Crippen LogP contribution is 2.39. The zero-order chi connectivity index (χ0) is 13.4. The zero-order valence-electron chi connectivity index (χ0n) is 11.1. The minimum absolute atomic E-state index is 0.242. The van der Waals surface area contributed by atoms with Gasteiger partial charge in [-0.25, -0.2) is 14.4 Å². The molecule has 1 heterocycles. The monoisotopic (exact) mass is 257 g/mol. The molecule has 1 saturated carbocycles. The third-order valence-electron chi connectivity index (χ3n) is 3.34. The Labute approximate surface area is 111 Å². The van der Waals surface area contributed by atoms with Crippen LogP contribution in [0.25, 0.3) is 11.3 Å². The largest absolute Gasteiger partial charge is 0.373 e. The average molecular weight is 257 g/mol. The van der Waals surface area contributed by atoms with Crippen molar-refractivity contribution in [2.24, 2.45) is 0 Å². The predicted molar refractivity (Wildman–Crippen MR) is 73.7 cm³/mol. The first-order valence-electron chi connectivity index (χ1n) is 6.50. The van der Waals surface area contributed by atoms with E-state index in [2.05, 4.69) is 15.3 Å². The highest BCUT2D eigenvalue weighted by molar-refractivity contribution is 5.64. The molecule has 1 N–H and O–H groups in total. The van der Waals surface area contributed by atoms with Crippen LogP contribution in [0.5, 0.6) is 0 Å². The SMILES string of the molecule is CNc1cc(-c2cc(C)ccc2F)nc(C2CC2)n1. The van der Waals surface area contributed by atoms with Crippen molar-refractivity contribution in [3.63, 3.8) is 0 Å². The molecule has 3 rings (SSSR count). The Morgan fingerprint density at radius 2 is 2.00 bits per heavy atom. The molecule has 1 aliphatic rings. The van der Waals surface area contributed by atoms with E-state index in [4.69, 9.17) is 0 Å². The number of nitrogens with one attached hydrogen (secondary N) is 1. The Kier molecular flexibility index (Phi) is 2.93. The molecule has 19 heavy (non-hydrogen) atoms. The van der Waals surface area contributed by atoms with Gasteiger partial charge in [-0.05, 0) is 31.9 Å². The second-order valence-electron chi connectivity index (χ2n) is 5.00. The van der Waals surface area contributed by atoms with Crippen LogP contribution in [0.4, 0.5) is 10.2 Å². The summed E-state index contributed by atoms with van der Waals surface area (Å²) < 4.78 is 14.0. The summed E-state index contributed by atoms with van der Waals surface area (Å²) in [6, 6.07) is 6.88. The first-order valence-corrected chi connectivity index (χ1v) is 6.50. The van der Waals surface area contributed by atoms with Crippen LogP contribution in [0, 0.1) is 12.7 Å². The number of aryl methyl sites for hydroxylation is 1. The van der Waals surface area contributed by atoms with E-state index in [1.54, 1.807) is 12.1 Å². The van der Waals surface area contributed by atoms with Crippen LogP contribution in [-0.4, -0.2) is 17.0 Å². The number of halogens is 1. The first kappa shape index (κ1) is 12.1. The summed E-state index contributed by atoms with van der Waals surface area (Å²) in [7, 11) is 1.81. The van der Waals surface area contributed by atoms with E-state index in [-0.39, 0.29) is 5.82 Å². The van der Waals surface area contributed by atoms with Gasteiger partial charge in [0.2, 0.25) is 0 Å². The van der Waals surface area contributed by atoms with Gasteiger partial charge in [0, 0.05) is 24.6 Å². The minimum atomic E-state index is -0.242. The highest BCUT2D eigenvalue weighted by Gasteiger charge is 2.27. The average Bonchev–Trinajstić information content (AvgIpc) is 3.25. The second-order valence-corrected chi connectivity index (χ2v) is 5.00. The Balaban J connectivity index is 2.12. The molecule has 0 atom stereocenters. The van der Waals surface area contributed by atoms with E-state index < -0.39 is 0 Å². The second kappa shape index (κ2) is 4.61. The fraction of sp³-hybridized carbons (Fsp3) is 0.333. The van der Waals surface area contributed by atoms with Gasteiger partial charge in [-0.15, -0.1) is 0 Å². The summed E-state index contributed by atoms with van der Waals surface area (Å²) in [6.07, 6.45) is 2.26. The lowest BCUT2D eigenvalue weighted by atomic mass is 10.1. The molecule has 1 aliphatic carbocycles. The molecular weight excluding hydrogens is 241 g/mol. The van der Waals surface area contributed by atoms with Crippen molar-refractivity contribution in [2.75, 3.05) is 12.4 Å². The molecule has 1 fully saturated rings. The van der Waals surface area contributed by atoms with E-state index in [1.807, 2.05) is 20.0 Å². The summed E-state index contributed by atoms with van der Waals surface area (Å²) >= 11 is 0. The molecule has 0 unspecified atom stereocenters. The van der Waals surface area contributed by atoms with Gasteiger partial charge in [0.05, 0.1) is 5.69 Å².